The lowest BCUT2D eigenvalue weighted by Crippen LogP contribution is -2.58. The van der Waals surface area contributed by atoms with E-state index >= 15 is 0 Å². The smallest absolute Gasteiger partial charge is 0.191 e. The summed E-state index contributed by atoms with van der Waals surface area (Å²) in [5, 5.41) is 13.1. The molecule has 3 N–H and O–H groups in total. The highest BCUT2D eigenvalue weighted by Crippen LogP contribution is 2.25. The number of hydrogen-bond acceptors (Lipinski definition) is 4. The molecule has 0 amide bonds. The molecule has 0 radical (unpaired) electrons. The molecule has 31 heavy (non-hydrogen) atoms. The topological polar surface area (TPSA) is 57.7 Å². The molecule has 2 atom stereocenters. The Balaban J connectivity index is 0.00000341. The van der Waals surface area contributed by atoms with Gasteiger partial charge in [0.05, 0.1) is 0 Å². The van der Waals surface area contributed by atoms with Crippen LogP contribution in [0.15, 0.2) is 52.8 Å². The molecule has 0 aliphatic carbocycles. The summed E-state index contributed by atoms with van der Waals surface area (Å²) in [4.78, 5) is 5.89. The maximum atomic E-state index is 5.66. The van der Waals surface area contributed by atoms with Gasteiger partial charge >= 0.3 is 0 Å². The van der Waals surface area contributed by atoms with Crippen LogP contribution in [0.3, 0.4) is 0 Å². The van der Waals surface area contributed by atoms with E-state index in [1.54, 1.807) is 0 Å². The summed E-state index contributed by atoms with van der Waals surface area (Å²) in [7, 11) is 1.84. The van der Waals surface area contributed by atoms with E-state index in [0.717, 1.165) is 51.5 Å². The van der Waals surface area contributed by atoms with E-state index in [0.29, 0.717) is 5.92 Å². The summed E-state index contributed by atoms with van der Waals surface area (Å²) in [6.07, 6.45) is 3.07. The van der Waals surface area contributed by atoms with Crippen molar-refractivity contribution in [2.45, 2.75) is 44.7 Å². The van der Waals surface area contributed by atoms with Crippen LogP contribution in [-0.4, -0.2) is 44.8 Å². The first kappa shape index (κ1) is 26.1. The molecule has 3 rings (SSSR count). The number of rotatable bonds is 9. The monoisotopic (exact) mass is 556 g/mol. The number of thiophene rings is 1. The van der Waals surface area contributed by atoms with Crippen LogP contribution in [0, 0.1) is 5.92 Å². The fourth-order valence-corrected chi connectivity index (χ4v) is 4.88. The molecule has 0 bridgehead atoms. The highest BCUT2D eigenvalue weighted by Gasteiger charge is 2.34. The van der Waals surface area contributed by atoms with E-state index < -0.39 is 0 Å². The first-order chi connectivity index (χ1) is 14.6. The second-order valence-corrected chi connectivity index (χ2v) is 9.40. The Morgan fingerprint density at radius 3 is 2.48 bits per heavy atom. The number of benzene rings is 1. The van der Waals surface area contributed by atoms with Crippen molar-refractivity contribution in [3.63, 3.8) is 0 Å². The van der Waals surface area contributed by atoms with Crippen LogP contribution in [0.1, 0.15) is 43.2 Å². The second-order valence-electron chi connectivity index (χ2n) is 8.36. The highest BCUT2D eigenvalue weighted by molar-refractivity contribution is 14.0. The molecule has 1 aliphatic rings. The Morgan fingerprint density at radius 1 is 1.10 bits per heavy atom. The van der Waals surface area contributed by atoms with Crippen molar-refractivity contribution in [1.82, 2.24) is 16.0 Å². The molecular weight excluding hydrogens is 519 g/mol. The Labute approximate surface area is 208 Å². The number of guanidine groups is 1. The molecule has 0 spiro atoms. The average Bonchev–Trinajstić information content (AvgIpc) is 3.28. The molecule has 2 unspecified atom stereocenters. The summed E-state index contributed by atoms with van der Waals surface area (Å²) in [6.45, 7) is 7.84. The van der Waals surface area contributed by atoms with Gasteiger partial charge < -0.3 is 20.7 Å². The molecule has 1 aromatic carbocycles. The minimum atomic E-state index is -0.00624. The molecule has 1 fully saturated rings. The summed E-state index contributed by atoms with van der Waals surface area (Å²) in [5.41, 5.74) is 1.31. The molecule has 5 nitrogen and oxygen atoms in total. The summed E-state index contributed by atoms with van der Waals surface area (Å²) < 4.78 is 5.66. The van der Waals surface area contributed by atoms with Gasteiger partial charge in [-0.15, -0.1) is 35.3 Å². The summed E-state index contributed by atoms with van der Waals surface area (Å²) in [5.74, 6) is 1.42. The molecule has 172 valence electrons. The van der Waals surface area contributed by atoms with Crippen LogP contribution >= 0.6 is 35.3 Å². The van der Waals surface area contributed by atoms with Gasteiger partial charge in [0, 0.05) is 49.8 Å². The largest absolute Gasteiger partial charge is 0.381 e. The highest BCUT2D eigenvalue weighted by atomic mass is 127. The van der Waals surface area contributed by atoms with Gasteiger partial charge in [0.25, 0.3) is 0 Å². The van der Waals surface area contributed by atoms with E-state index in [1.807, 2.05) is 18.4 Å². The maximum absolute atomic E-state index is 5.66. The first-order valence-corrected chi connectivity index (χ1v) is 11.9. The zero-order chi connectivity index (χ0) is 21.2. The zero-order valence-electron chi connectivity index (χ0n) is 18.9. The number of ether oxygens (including phenoxy) is 1. The Hall–Kier alpha value is -1.16. The first-order valence-electron chi connectivity index (χ1n) is 11.0. The van der Waals surface area contributed by atoms with Crippen molar-refractivity contribution >= 4 is 41.3 Å². The van der Waals surface area contributed by atoms with Crippen LogP contribution in [-0.2, 0) is 11.2 Å². The van der Waals surface area contributed by atoms with Crippen molar-refractivity contribution in [3.8, 4) is 0 Å². The SMILES string of the molecule is CN=C(NCC(C)Cc1cccs1)NCC1(NC(C)c2ccccc2)CCOCC1.I. The lowest BCUT2D eigenvalue weighted by molar-refractivity contribution is 0.0355. The molecule has 0 saturated carbocycles. The Morgan fingerprint density at radius 2 is 1.84 bits per heavy atom. The lowest BCUT2D eigenvalue weighted by atomic mass is 9.88. The molecule has 2 aromatic rings. The van der Waals surface area contributed by atoms with Gasteiger partial charge in [-0.3, -0.25) is 4.99 Å². The molecule has 1 aliphatic heterocycles. The van der Waals surface area contributed by atoms with Crippen LogP contribution in [0.4, 0.5) is 0 Å². The molecular formula is C24H37IN4OS. The molecule has 1 aromatic heterocycles. The van der Waals surface area contributed by atoms with Crippen molar-refractivity contribution in [3.05, 3.63) is 58.3 Å². The van der Waals surface area contributed by atoms with Gasteiger partial charge in [-0.1, -0.05) is 43.3 Å². The zero-order valence-corrected chi connectivity index (χ0v) is 22.0. The predicted octanol–water partition coefficient (Wildman–Crippen LogP) is 4.61. The van der Waals surface area contributed by atoms with Crippen LogP contribution in [0.25, 0.3) is 0 Å². The van der Waals surface area contributed by atoms with Crippen molar-refractivity contribution in [1.29, 1.82) is 0 Å². The maximum Gasteiger partial charge on any atom is 0.191 e. The fourth-order valence-electron chi connectivity index (χ4n) is 4.01. The van der Waals surface area contributed by atoms with Gasteiger partial charge in [-0.25, -0.2) is 0 Å². The van der Waals surface area contributed by atoms with Gasteiger partial charge in [-0.2, -0.15) is 0 Å². The van der Waals surface area contributed by atoms with E-state index in [2.05, 4.69) is 82.6 Å². The Kier molecular flexibility index (Phi) is 11.3. The fraction of sp³-hybridized carbons (Fsp3) is 0.542. The van der Waals surface area contributed by atoms with Gasteiger partial charge in [-0.05, 0) is 49.1 Å². The summed E-state index contributed by atoms with van der Waals surface area (Å²) >= 11 is 1.83. The molecule has 1 saturated heterocycles. The van der Waals surface area contributed by atoms with Crippen LogP contribution in [0.2, 0.25) is 0 Å². The van der Waals surface area contributed by atoms with Crippen LogP contribution < -0.4 is 16.0 Å². The van der Waals surface area contributed by atoms with E-state index in [9.17, 15) is 0 Å². The minimum Gasteiger partial charge on any atom is -0.381 e. The average molecular weight is 557 g/mol. The third-order valence-electron chi connectivity index (χ3n) is 5.84. The van der Waals surface area contributed by atoms with Gasteiger partial charge in [0.1, 0.15) is 0 Å². The Bertz CT molecular complexity index is 763. The standard InChI is InChI=1S/C24H36N4OS.HI/c1-19(16-22-10-7-15-30-22)17-26-23(25-3)27-18-24(11-13-29-14-12-24)28-20(2)21-8-5-4-6-9-21;/h4-10,15,19-20,28H,11-14,16-18H2,1-3H3,(H2,25,26,27);1H. The van der Waals surface area contributed by atoms with E-state index in [4.69, 9.17) is 4.74 Å². The van der Waals surface area contributed by atoms with Crippen LogP contribution in [0.5, 0.6) is 0 Å². The van der Waals surface area contributed by atoms with Gasteiger partial charge in [0.15, 0.2) is 5.96 Å². The van der Waals surface area contributed by atoms with E-state index in [-0.39, 0.29) is 35.6 Å². The number of nitrogens with one attached hydrogen (secondary N) is 3. The van der Waals surface area contributed by atoms with Crippen molar-refractivity contribution in [2.75, 3.05) is 33.4 Å². The van der Waals surface area contributed by atoms with Crippen molar-refractivity contribution in [2.24, 2.45) is 10.9 Å². The number of halogens is 1. The predicted molar refractivity (Wildman–Crippen MR) is 143 cm³/mol. The number of hydrogen-bond donors (Lipinski definition) is 3. The second kappa shape index (κ2) is 13.4. The lowest BCUT2D eigenvalue weighted by Gasteiger charge is -2.41. The normalized spacial score (nSPS) is 18.0. The third-order valence-corrected chi connectivity index (χ3v) is 6.74. The molecule has 2 heterocycles. The quantitative estimate of drug-likeness (QED) is 0.240. The molecule has 7 heteroatoms. The van der Waals surface area contributed by atoms with Crippen molar-refractivity contribution < 1.29 is 4.74 Å². The summed E-state index contributed by atoms with van der Waals surface area (Å²) in [6, 6.07) is 15.3. The minimum absolute atomic E-state index is 0. The number of aliphatic imine (C=N–C) groups is 1. The number of nitrogens with zero attached hydrogens (tertiary/aromatic N) is 1. The third kappa shape index (κ3) is 8.36. The van der Waals surface area contributed by atoms with E-state index in [1.165, 1.54) is 10.4 Å². The van der Waals surface area contributed by atoms with Gasteiger partial charge in [0.2, 0.25) is 0 Å².